The first-order chi connectivity index (χ1) is 14.6. The molecular weight excluding hydrogens is 418 g/mol. The number of hydrogen-bond donors (Lipinski definition) is 3. The highest BCUT2D eigenvalue weighted by Crippen LogP contribution is 2.37. The molecule has 1 saturated carbocycles. The molecule has 2 aromatic heterocycles. The molecule has 1 aliphatic rings. The van der Waals surface area contributed by atoms with Crippen LogP contribution in [0.1, 0.15) is 74.9 Å². The summed E-state index contributed by atoms with van der Waals surface area (Å²) in [6, 6.07) is -0.252. The van der Waals surface area contributed by atoms with Crippen LogP contribution in [-0.2, 0) is 22.2 Å². The quantitative estimate of drug-likeness (QED) is 0.462. The van der Waals surface area contributed by atoms with Crippen molar-refractivity contribution in [1.29, 1.82) is 0 Å². The summed E-state index contributed by atoms with van der Waals surface area (Å²) in [7, 11) is -3.80. The number of aliphatic hydroxyl groups is 1. The van der Waals surface area contributed by atoms with Crippen molar-refractivity contribution in [2.75, 3.05) is 11.9 Å². The summed E-state index contributed by atoms with van der Waals surface area (Å²) in [6.07, 6.45) is 7.13. The smallest absolute Gasteiger partial charge is 0.226 e. The minimum Gasteiger partial charge on any atom is -0.394 e. The van der Waals surface area contributed by atoms with E-state index in [1.165, 1.54) is 0 Å². The van der Waals surface area contributed by atoms with Crippen LogP contribution in [0.2, 0.25) is 0 Å². The first-order valence-corrected chi connectivity index (χ1v) is 12.3. The van der Waals surface area contributed by atoms with Crippen LogP contribution in [0.25, 0.3) is 0 Å². The molecule has 1 aliphatic carbocycles. The van der Waals surface area contributed by atoms with Crippen molar-refractivity contribution in [1.82, 2.24) is 24.9 Å². The lowest BCUT2D eigenvalue weighted by Gasteiger charge is -2.19. The van der Waals surface area contributed by atoms with Gasteiger partial charge in [-0.05, 0) is 36.7 Å². The van der Waals surface area contributed by atoms with Crippen molar-refractivity contribution in [3.8, 4) is 0 Å². The Morgan fingerprint density at radius 3 is 2.32 bits per heavy atom. The van der Waals surface area contributed by atoms with E-state index in [9.17, 15) is 13.5 Å². The van der Waals surface area contributed by atoms with Gasteiger partial charge in [0.25, 0.3) is 0 Å². The van der Waals surface area contributed by atoms with E-state index in [4.69, 9.17) is 5.14 Å². The summed E-state index contributed by atoms with van der Waals surface area (Å²) in [6.45, 7) is 6.02. The van der Waals surface area contributed by atoms with Crippen molar-refractivity contribution in [3.63, 3.8) is 0 Å². The molecule has 3 rings (SSSR count). The van der Waals surface area contributed by atoms with Crippen LogP contribution in [0.5, 0.6) is 0 Å². The zero-order valence-corrected chi connectivity index (χ0v) is 19.0. The van der Waals surface area contributed by atoms with E-state index >= 15 is 0 Å². The Kier molecular flexibility index (Phi) is 7.50. The molecule has 0 unspecified atom stereocenters. The summed E-state index contributed by atoms with van der Waals surface area (Å²) in [5.74, 6) is 2.02. The minimum atomic E-state index is -3.80. The monoisotopic (exact) mass is 449 g/mol. The molecule has 0 bridgehead atoms. The maximum absolute atomic E-state index is 11.6. The highest BCUT2D eigenvalue weighted by Gasteiger charge is 2.26. The molecule has 170 valence electrons. The molecule has 10 nitrogen and oxygen atoms in total. The number of aromatic nitrogens is 5. The fourth-order valence-corrected chi connectivity index (χ4v) is 3.84. The molecule has 0 spiro atoms. The largest absolute Gasteiger partial charge is 0.394 e. The van der Waals surface area contributed by atoms with Crippen LogP contribution in [0.3, 0.4) is 0 Å². The standard InChI is InChI=1S/C20H31N7O3S/c1-12(2)6-16(10-28)24-20-26-17(25-18(27-20)11-31(21,29)30)7-13(3)15-8-22-19(23-9-15)14-4-5-14/h8-9,12-14,16,28H,4-7,10-11H2,1-3H3,(H2,21,29,30)(H,24,25,26,27)/t13-,16+/m0/s1. The number of rotatable bonds is 11. The fraction of sp³-hybridized carbons (Fsp3) is 0.650. The number of nitrogens with zero attached hydrogens (tertiary/aromatic N) is 5. The van der Waals surface area contributed by atoms with Gasteiger partial charge in [0.15, 0.2) is 5.82 Å². The molecule has 2 atom stereocenters. The van der Waals surface area contributed by atoms with Crippen molar-refractivity contribution in [2.24, 2.45) is 11.1 Å². The van der Waals surface area contributed by atoms with Crippen LogP contribution in [-0.4, -0.2) is 51.1 Å². The van der Waals surface area contributed by atoms with Gasteiger partial charge in [-0.2, -0.15) is 9.97 Å². The molecule has 2 aromatic rings. The molecule has 0 amide bonds. The number of primary sulfonamides is 1. The average Bonchev–Trinajstić information content (AvgIpc) is 3.51. The van der Waals surface area contributed by atoms with Gasteiger partial charge < -0.3 is 10.4 Å². The lowest BCUT2D eigenvalue weighted by atomic mass is 10.0. The predicted octanol–water partition coefficient (Wildman–Crippen LogP) is 1.49. The van der Waals surface area contributed by atoms with Gasteiger partial charge in [0.2, 0.25) is 16.0 Å². The normalized spacial score (nSPS) is 16.3. The third-order valence-electron chi connectivity index (χ3n) is 5.06. The molecule has 2 heterocycles. The summed E-state index contributed by atoms with van der Waals surface area (Å²) < 4.78 is 23.2. The van der Waals surface area contributed by atoms with E-state index in [2.05, 4.69) is 30.2 Å². The zero-order chi connectivity index (χ0) is 22.6. The van der Waals surface area contributed by atoms with Gasteiger partial charge in [0.05, 0.1) is 12.6 Å². The van der Waals surface area contributed by atoms with Crippen molar-refractivity contribution >= 4 is 16.0 Å². The predicted molar refractivity (Wildman–Crippen MR) is 117 cm³/mol. The summed E-state index contributed by atoms with van der Waals surface area (Å²) in [4.78, 5) is 21.9. The lowest BCUT2D eigenvalue weighted by Crippen LogP contribution is -2.28. The molecule has 31 heavy (non-hydrogen) atoms. The van der Waals surface area contributed by atoms with Crippen molar-refractivity contribution in [2.45, 2.75) is 70.1 Å². The van der Waals surface area contributed by atoms with Crippen LogP contribution >= 0.6 is 0 Å². The Bertz CT molecular complexity index is 979. The van der Waals surface area contributed by atoms with E-state index in [0.717, 1.165) is 24.2 Å². The van der Waals surface area contributed by atoms with E-state index in [1.807, 2.05) is 33.2 Å². The summed E-state index contributed by atoms with van der Waals surface area (Å²) in [5, 5.41) is 17.9. The number of aliphatic hydroxyl groups excluding tert-OH is 1. The molecule has 0 aliphatic heterocycles. The number of sulfonamides is 1. The average molecular weight is 450 g/mol. The minimum absolute atomic E-state index is 0.0233. The van der Waals surface area contributed by atoms with E-state index in [1.54, 1.807) is 0 Å². The Labute approximate surface area is 183 Å². The number of nitrogens with two attached hydrogens (primary N) is 1. The third kappa shape index (κ3) is 7.44. The van der Waals surface area contributed by atoms with E-state index < -0.39 is 15.8 Å². The fourth-order valence-electron chi connectivity index (χ4n) is 3.35. The molecule has 4 N–H and O–H groups in total. The first-order valence-electron chi connectivity index (χ1n) is 10.6. The van der Waals surface area contributed by atoms with Crippen LogP contribution in [0, 0.1) is 5.92 Å². The van der Waals surface area contributed by atoms with Gasteiger partial charge in [0, 0.05) is 24.7 Å². The third-order valence-corrected chi connectivity index (χ3v) is 5.72. The molecule has 0 radical (unpaired) electrons. The Balaban J connectivity index is 1.80. The summed E-state index contributed by atoms with van der Waals surface area (Å²) in [5.41, 5.74) is 0.959. The summed E-state index contributed by atoms with van der Waals surface area (Å²) >= 11 is 0. The van der Waals surface area contributed by atoms with Gasteiger partial charge >= 0.3 is 0 Å². The van der Waals surface area contributed by atoms with E-state index in [-0.39, 0.29) is 30.3 Å². The molecule has 1 fully saturated rings. The topological polar surface area (TPSA) is 157 Å². The maximum Gasteiger partial charge on any atom is 0.226 e. The molecular formula is C20H31N7O3S. The van der Waals surface area contributed by atoms with Crippen LogP contribution in [0.4, 0.5) is 5.95 Å². The maximum atomic E-state index is 11.6. The zero-order valence-electron chi connectivity index (χ0n) is 18.2. The first kappa shape index (κ1) is 23.4. The Morgan fingerprint density at radius 2 is 1.77 bits per heavy atom. The van der Waals surface area contributed by atoms with Gasteiger partial charge in [-0.25, -0.2) is 28.5 Å². The van der Waals surface area contributed by atoms with Crippen LogP contribution in [0.15, 0.2) is 12.4 Å². The van der Waals surface area contributed by atoms with E-state index in [0.29, 0.717) is 30.5 Å². The van der Waals surface area contributed by atoms with Crippen molar-refractivity contribution in [3.05, 3.63) is 35.4 Å². The molecule has 11 heteroatoms. The van der Waals surface area contributed by atoms with Gasteiger partial charge in [-0.15, -0.1) is 0 Å². The van der Waals surface area contributed by atoms with Gasteiger partial charge in [-0.3, -0.25) is 0 Å². The SMILES string of the molecule is CC(C)C[C@H](CO)Nc1nc(C[C@H](C)c2cnc(C3CC3)nc2)nc(CS(N)(=O)=O)n1. The number of hydrogen-bond acceptors (Lipinski definition) is 9. The Morgan fingerprint density at radius 1 is 1.13 bits per heavy atom. The van der Waals surface area contributed by atoms with Crippen molar-refractivity contribution < 1.29 is 13.5 Å². The lowest BCUT2D eigenvalue weighted by molar-refractivity contribution is 0.259. The highest BCUT2D eigenvalue weighted by molar-refractivity contribution is 7.88. The highest BCUT2D eigenvalue weighted by atomic mass is 32.2. The second-order valence-electron chi connectivity index (χ2n) is 8.71. The molecule has 0 aromatic carbocycles. The molecule has 0 saturated heterocycles. The number of nitrogens with one attached hydrogen (secondary N) is 1. The second-order valence-corrected chi connectivity index (χ2v) is 10.3. The number of anilines is 1. The second kappa shape index (κ2) is 9.92. The van der Waals surface area contributed by atoms with Gasteiger partial charge in [-0.1, -0.05) is 20.8 Å². The Hall–Kier alpha value is -2.24. The van der Waals surface area contributed by atoms with Crippen LogP contribution < -0.4 is 10.5 Å². The van der Waals surface area contributed by atoms with Gasteiger partial charge in [0.1, 0.15) is 17.4 Å².